The van der Waals surface area contributed by atoms with E-state index in [4.69, 9.17) is 4.98 Å². The van der Waals surface area contributed by atoms with Crippen molar-refractivity contribution >= 4 is 70.7 Å². The fourth-order valence-corrected chi connectivity index (χ4v) is 7.64. The molecule has 0 fully saturated rings. The van der Waals surface area contributed by atoms with Gasteiger partial charge in [0.15, 0.2) is 0 Å². The van der Waals surface area contributed by atoms with E-state index in [0.717, 1.165) is 22.1 Å². The van der Waals surface area contributed by atoms with Crippen LogP contribution in [0.3, 0.4) is 0 Å². The van der Waals surface area contributed by atoms with Gasteiger partial charge in [-0.15, -0.1) is 0 Å². The maximum absolute atomic E-state index is 5.13. The topological polar surface area (TPSA) is 17.3 Å². The second kappa shape index (κ2) is 9.25. The van der Waals surface area contributed by atoms with E-state index < -0.39 is 0 Å². The van der Waals surface area contributed by atoms with Gasteiger partial charge in [0.1, 0.15) is 5.65 Å². The predicted molar refractivity (Wildman–Crippen MR) is 191 cm³/mol. The first-order valence-corrected chi connectivity index (χ1v) is 15.5. The third kappa shape index (κ3) is 3.42. The lowest BCUT2D eigenvalue weighted by Gasteiger charge is -2.19. The summed E-state index contributed by atoms with van der Waals surface area (Å²) in [5.74, 6) is 0. The Bertz CT molecular complexity index is 2760. The van der Waals surface area contributed by atoms with Crippen LogP contribution in [0.25, 0.3) is 92.9 Å². The first-order valence-electron chi connectivity index (χ1n) is 15.5. The van der Waals surface area contributed by atoms with Crippen molar-refractivity contribution in [1.29, 1.82) is 0 Å². The van der Waals surface area contributed by atoms with Crippen LogP contribution in [0, 0.1) is 0 Å². The maximum Gasteiger partial charge on any atom is 0.146 e. The molecule has 0 bridgehead atoms. The lowest BCUT2D eigenvalue weighted by atomic mass is 9.84. The largest absolute Gasteiger partial charge is 0.292 e. The molecule has 0 unspecified atom stereocenters. The lowest BCUT2D eigenvalue weighted by molar-refractivity contribution is 1.31. The second-order valence-corrected chi connectivity index (χ2v) is 11.9. The van der Waals surface area contributed by atoms with Crippen LogP contribution in [0.1, 0.15) is 0 Å². The van der Waals surface area contributed by atoms with Gasteiger partial charge in [-0.25, -0.2) is 4.98 Å². The highest BCUT2D eigenvalue weighted by molar-refractivity contribution is 6.24. The third-order valence-corrected chi connectivity index (χ3v) is 9.54. The summed E-state index contributed by atoms with van der Waals surface area (Å²) in [6.07, 6.45) is 0. The molecule has 0 radical (unpaired) electrons. The summed E-state index contributed by atoms with van der Waals surface area (Å²) in [4.78, 5) is 5.13. The van der Waals surface area contributed by atoms with Crippen LogP contribution in [-0.2, 0) is 0 Å². The highest BCUT2D eigenvalue weighted by atomic mass is 15.0. The molecule has 0 aliphatic heterocycles. The number of pyridine rings is 1. The molecule has 45 heavy (non-hydrogen) atoms. The van der Waals surface area contributed by atoms with Gasteiger partial charge in [-0.05, 0) is 90.3 Å². The molecule has 0 N–H and O–H groups in total. The Hall–Kier alpha value is -5.99. The molecule has 10 aromatic rings. The molecule has 0 saturated carbocycles. The van der Waals surface area contributed by atoms with Crippen molar-refractivity contribution in [3.63, 3.8) is 0 Å². The molecule has 8 aromatic carbocycles. The summed E-state index contributed by atoms with van der Waals surface area (Å²) in [5.41, 5.74) is 9.36. The van der Waals surface area contributed by atoms with Gasteiger partial charge in [0.2, 0.25) is 0 Å². The summed E-state index contributed by atoms with van der Waals surface area (Å²) < 4.78 is 2.32. The Kier molecular flexibility index (Phi) is 5.03. The van der Waals surface area contributed by atoms with Gasteiger partial charge < -0.3 is 0 Å². The Labute approximate surface area is 259 Å². The molecule has 208 valence electrons. The van der Waals surface area contributed by atoms with Gasteiger partial charge in [-0.2, -0.15) is 0 Å². The number of hydrogen-bond donors (Lipinski definition) is 0. The lowest BCUT2D eigenvalue weighted by Crippen LogP contribution is -1.93. The predicted octanol–water partition coefficient (Wildman–Crippen LogP) is 11.6. The summed E-state index contributed by atoms with van der Waals surface area (Å²) in [6.45, 7) is 0. The van der Waals surface area contributed by atoms with Gasteiger partial charge >= 0.3 is 0 Å². The van der Waals surface area contributed by atoms with E-state index in [9.17, 15) is 0 Å². The molecule has 0 spiro atoms. The van der Waals surface area contributed by atoms with E-state index in [1.165, 1.54) is 70.9 Å². The zero-order valence-corrected chi connectivity index (χ0v) is 24.4. The molecule has 2 aromatic heterocycles. The summed E-state index contributed by atoms with van der Waals surface area (Å²) in [5, 5.41) is 11.2. The van der Waals surface area contributed by atoms with E-state index in [2.05, 4.69) is 162 Å². The fourth-order valence-electron chi connectivity index (χ4n) is 7.64. The molecule has 0 aliphatic carbocycles. The van der Waals surface area contributed by atoms with Gasteiger partial charge in [-0.1, -0.05) is 127 Å². The summed E-state index contributed by atoms with van der Waals surface area (Å²) in [7, 11) is 0. The van der Waals surface area contributed by atoms with Crippen molar-refractivity contribution in [3.05, 3.63) is 158 Å². The molecule has 0 saturated heterocycles. The van der Waals surface area contributed by atoms with Crippen molar-refractivity contribution in [2.24, 2.45) is 0 Å². The Balaban J connectivity index is 1.34. The van der Waals surface area contributed by atoms with E-state index in [0.29, 0.717) is 0 Å². The summed E-state index contributed by atoms with van der Waals surface area (Å²) in [6, 6.07) is 57.3. The van der Waals surface area contributed by atoms with Crippen LogP contribution >= 0.6 is 0 Å². The van der Waals surface area contributed by atoms with Crippen LogP contribution in [-0.4, -0.2) is 9.38 Å². The van der Waals surface area contributed by atoms with Gasteiger partial charge in [0.25, 0.3) is 0 Å². The minimum atomic E-state index is 0.998. The Morgan fingerprint density at radius 1 is 0.378 bits per heavy atom. The first kappa shape index (κ1) is 24.5. The molecule has 0 amide bonds. The normalized spacial score (nSPS) is 12.0. The van der Waals surface area contributed by atoms with Crippen molar-refractivity contribution in [1.82, 2.24) is 9.38 Å². The highest BCUT2D eigenvalue weighted by Crippen LogP contribution is 2.46. The molecular weight excluding hydrogens is 544 g/mol. The Morgan fingerprint density at radius 2 is 0.956 bits per heavy atom. The molecular formula is C43H26N2. The second-order valence-electron chi connectivity index (χ2n) is 11.9. The van der Waals surface area contributed by atoms with Crippen molar-refractivity contribution in [3.8, 4) is 22.3 Å². The SMILES string of the molecule is c1ccc2c(-c3c4ccccc4c(-c4ccc5c(c4)c4ccccc4n4c6ccccc6nc54)c4ccccc34)cccc2c1. The number of nitrogens with zero attached hydrogens (tertiary/aromatic N) is 2. The monoisotopic (exact) mass is 570 g/mol. The molecule has 0 atom stereocenters. The highest BCUT2D eigenvalue weighted by Gasteiger charge is 2.19. The van der Waals surface area contributed by atoms with E-state index in [1.54, 1.807) is 0 Å². The summed E-state index contributed by atoms with van der Waals surface area (Å²) >= 11 is 0. The molecule has 2 heterocycles. The number of fused-ring (bicyclic) bond motifs is 11. The van der Waals surface area contributed by atoms with Crippen LogP contribution in [0.15, 0.2) is 158 Å². The minimum Gasteiger partial charge on any atom is -0.292 e. The Morgan fingerprint density at radius 3 is 1.71 bits per heavy atom. The van der Waals surface area contributed by atoms with Crippen molar-refractivity contribution in [2.45, 2.75) is 0 Å². The van der Waals surface area contributed by atoms with Crippen LogP contribution in [0.2, 0.25) is 0 Å². The van der Waals surface area contributed by atoms with Crippen LogP contribution in [0.4, 0.5) is 0 Å². The fraction of sp³-hybridized carbons (Fsp3) is 0. The number of benzene rings is 8. The number of hydrogen-bond acceptors (Lipinski definition) is 1. The zero-order chi connectivity index (χ0) is 29.5. The number of aromatic nitrogens is 2. The number of imidazole rings is 1. The molecule has 10 rings (SSSR count). The van der Waals surface area contributed by atoms with E-state index >= 15 is 0 Å². The van der Waals surface area contributed by atoms with Gasteiger partial charge in [0.05, 0.1) is 16.6 Å². The van der Waals surface area contributed by atoms with Crippen molar-refractivity contribution < 1.29 is 0 Å². The van der Waals surface area contributed by atoms with Gasteiger partial charge in [-0.3, -0.25) is 4.40 Å². The average Bonchev–Trinajstić information content (AvgIpc) is 3.50. The first-order chi connectivity index (χ1) is 22.3. The molecule has 2 nitrogen and oxygen atoms in total. The quantitative estimate of drug-likeness (QED) is 0.149. The number of rotatable bonds is 2. The average molecular weight is 571 g/mol. The number of para-hydroxylation sites is 3. The van der Waals surface area contributed by atoms with Crippen molar-refractivity contribution in [2.75, 3.05) is 0 Å². The molecule has 0 aliphatic rings. The minimum absolute atomic E-state index is 0.998. The standard InChI is InChI=1S/C43H26N2/c1-2-14-29-27(12-1)13-11-20-31(29)42-34-18-5-3-16-32(34)41(33-17-4-6-19-35(33)42)28-24-25-36-37(26-28)30-15-7-9-22-39(30)45-40-23-10-8-21-38(40)44-43(36)45/h1-26H. The van der Waals surface area contributed by atoms with E-state index in [1.807, 2.05) is 0 Å². The zero-order valence-electron chi connectivity index (χ0n) is 24.4. The van der Waals surface area contributed by atoms with Gasteiger partial charge in [0, 0.05) is 10.8 Å². The molecule has 2 heteroatoms. The van der Waals surface area contributed by atoms with Crippen LogP contribution < -0.4 is 0 Å². The smallest absolute Gasteiger partial charge is 0.146 e. The third-order valence-electron chi connectivity index (χ3n) is 9.54. The maximum atomic E-state index is 5.13. The van der Waals surface area contributed by atoms with Crippen LogP contribution in [0.5, 0.6) is 0 Å². The van der Waals surface area contributed by atoms with E-state index in [-0.39, 0.29) is 0 Å².